The van der Waals surface area contributed by atoms with Gasteiger partial charge in [0.25, 0.3) is 0 Å². The van der Waals surface area contributed by atoms with Crippen molar-refractivity contribution in [2.45, 2.75) is 64.0 Å². The zero-order valence-corrected chi connectivity index (χ0v) is 23.6. The van der Waals surface area contributed by atoms with Crippen molar-refractivity contribution in [1.29, 1.82) is 5.26 Å². The summed E-state index contributed by atoms with van der Waals surface area (Å²) >= 11 is 1.60. The number of rotatable bonds is 5. The first-order valence-electron chi connectivity index (χ1n) is 13.0. The lowest BCUT2D eigenvalue weighted by Gasteiger charge is -2.35. The van der Waals surface area contributed by atoms with E-state index in [9.17, 15) is 4.79 Å². The maximum absolute atomic E-state index is 12.5. The lowest BCUT2D eigenvalue weighted by molar-refractivity contribution is 0.0183. The van der Waals surface area contributed by atoms with Crippen molar-refractivity contribution >= 4 is 28.6 Å². The highest BCUT2D eigenvalue weighted by Gasteiger charge is 2.31. The van der Waals surface area contributed by atoms with Gasteiger partial charge in [-0.25, -0.2) is 9.31 Å². The van der Waals surface area contributed by atoms with Crippen LogP contribution in [-0.4, -0.2) is 61.5 Å². The van der Waals surface area contributed by atoms with Crippen LogP contribution >= 0.6 is 11.3 Å². The summed E-state index contributed by atoms with van der Waals surface area (Å²) in [6, 6.07) is 9.95. The highest BCUT2D eigenvalue weighted by molar-refractivity contribution is 7.14. The Morgan fingerprint density at radius 3 is 2.64 bits per heavy atom. The van der Waals surface area contributed by atoms with Gasteiger partial charge >= 0.3 is 6.09 Å². The standard InChI is InChI=1S/C28H32N8O2S/c1-28(2,3)38-27(37)35(5)19-8-6-18(7-9-19)25-33-34-26(39-25)21-16-31-23(13-22(21)30-4)24-11-10-20-12-17(14-29)15-32-36(20)24/h10-13,15-16,18-19H,6-9H2,1-5H3,(H,30,31). The Balaban J connectivity index is 1.30. The van der Waals surface area contributed by atoms with Gasteiger partial charge in [0.2, 0.25) is 0 Å². The summed E-state index contributed by atoms with van der Waals surface area (Å²) in [4.78, 5) is 18.9. The minimum absolute atomic E-state index is 0.169. The first-order chi connectivity index (χ1) is 18.7. The van der Waals surface area contributed by atoms with Gasteiger partial charge in [-0.15, -0.1) is 10.2 Å². The molecular weight excluding hydrogens is 512 g/mol. The van der Waals surface area contributed by atoms with Crippen LogP contribution in [0.25, 0.3) is 27.5 Å². The number of nitrogens with zero attached hydrogens (tertiary/aromatic N) is 7. The van der Waals surface area contributed by atoms with Gasteiger partial charge in [-0.1, -0.05) is 11.3 Å². The number of anilines is 1. The topological polar surface area (TPSA) is 121 Å². The number of ether oxygens (including phenoxy) is 1. The van der Waals surface area contributed by atoms with Crippen molar-refractivity contribution in [3.05, 3.63) is 47.2 Å². The third kappa shape index (κ3) is 5.56. The van der Waals surface area contributed by atoms with E-state index in [0.29, 0.717) is 11.5 Å². The van der Waals surface area contributed by atoms with Crippen LogP contribution in [0.2, 0.25) is 0 Å². The van der Waals surface area contributed by atoms with E-state index in [1.165, 1.54) is 0 Å². The van der Waals surface area contributed by atoms with Crippen LogP contribution < -0.4 is 5.32 Å². The zero-order valence-electron chi connectivity index (χ0n) is 22.8. The fraction of sp³-hybridized carbons (Fsp3) is 0.429. The van der Waals surface area contributed by atoms with Gasteiger partial charge in [0.1, 0.15) is 16.7 Å². The second-order valence-electron chi connectivity index (χ2n) is 10.8. The van der Waals surface area contributed by atoms with E-state index >= 15 is 0 Å². The van der Waals surface area contributed by atoms with Crippen LogP contribution in [0.5, 0.6) is 0 Å². The van der Waals surface area contributed by atoms with E-state index in [0.717, 1.165) is 63.9 Å². The summed E-state index contributed by atoms with van der Waals surface area (Å²) in [7, 11) is 3.70. The zero-order chi connectivity index (χ0) is 27.7. The van der Waals surface area contributed by atoms with E-state index in [1.54, 1.807) is 33.0 Å². The number of amides is 1. The molecule has 4 heterocycles. The molecule has 11 heteroatoms. The van der Waals surface area contributed by atoms with E-state index < -0.39 is 5.60 Å². The molecule has 4 aromatic heterocycles. The highest BCUT2D eigenvalue weighted by Crippen LogP contribution is 2.39. The first kappa shape index (κ1) is 26.6. The molecule has 10 nitrogen and oxygen atoms in total. The van der Waals surface area contributed by atoms with Crippen molar-refractivity contribution in [1.82, 2.24) is 29.7 Å². The Morgan fingerprint density at radius 1 is 1.18 bits per heavy atom. The van der Waals surface area contributed by atoms with Crippen LogP contribution in [0.3, 0.4) is 0 Å². The number of nitriles is 1. The SMILES string of the molecule is CNc1cc(-c2ccc3cc(C#N)cnn23)ncc1-c1nnc(C2CCC(N(C)C(=O)OC(C)(C)C)CC2)s1. The Bertz CT molecular complexity index is 1540. The summed E-state index contributed by atoms with van der Waals surface area (Å²) in [6.07, 6.45) is 6.81. The molecule has 5 rings (SSSR count). The predicted octanol–water partition coefficient (Wildman–Crippen LogP) is 5.72. The van der Waals surface area contributed by atoms with Crippen molar-refractivity contribution in [2.24, 2.45) is 0 Å². The van der Waals surface area contributed by atoms with E-state index in [-0.39, 0.29) is 12.1 Å². The largest absolute Gasteiger partial charge is 0.444 e. The lowest BCUT2D eigenvalue weighted by atomic mass is 9.86. The summed E-state index contributed by atoms with van der Waals surface area (Å²) in [5, 5.41) is 27.7. The number of fused-ring (bicyclic) bond motifs is 1. The average molecular weight is 545 g/mol. The minimum atomic E-state index is -0.500. The van der Waals surface area contributed by atoms with Crippen molar-refractivity contribution in [2.75, 3.05) is 19.4 Å². The number of hydrogen-bond acceptors (Lipinski definition) is 9. The molecule has 0 bridgehead atoms. The molecule has 1 aliphatic carbocycles. The highest BCUT2D eigenvalue weighted by atomic mass is 32.1. The van der Waals surface area contributed by atoms with Crippen LogP contribution in [0.1, 0.15) is 62.9 Å². The first-order valence-corrected chi connectivity index (χ1v) is 13.8. The molecular formula is C28H32N8O2S. The summed E-state index contributed by atoms with van der Waals surface area (Å²) < 4.78 is 7.32. The van der Waals surface area contributed by atoms with Crippen molar-refractivity contribution in [3.8, 4) is 28.0 Å². The third-order valence-electron chi connectivity index (χ3n) is 7.01. The van der Waals surface area contributed by atoms with E-state index in [1.807, 2.05) is 59.3 Å². The molecule has 0 radical (unpaired) electrons. The Labute approximate surface area is 231 Å². The predicted molar refractivity (Wildman–Crippen MR) is 151 cm³/mol. The molecule has 202 valence electrons. The molecule has 1 saturated carbocycles. The number of hydrogen-bond donors (Lipinski definition) is 1. The molecule has 39 heavy (non-hydrogen) atoms. The van der Waals surface area contributed by atoms with Crippen LogP contribution in [-0.2, 0) is 4.74 Å². The van der Waals surface area contributed by atoms with Gasteiger partial charge in [0.05, 0.1) is 34.2 Å². The summed E-state index contributed by atoms with van der Waals surface area (Å²) in [5.74, 6) is 0.321. The number of carbonyl (C=O) groups is 1. The molecule has 0 atom stereocenters. The van der Waals surface area contributed by atoms with Gasteiger partial charge in [-0.05, 0) is 70.7 Å². The molecule has 1 aliphatic rings. The quantitative estimate of drug-likeness (QED) is 0.338. The average Bonchev–Trinajstić information content (AvgIpc) is 3.59. The maximum Gasteiger partial charge on any atom is 0.410 e. The Morgan fingerprint density at radius 2 is 1.95 bits per heavy atom. The second-order valence-corrected chi connectivity index (χ2v) is 11.8. The number of aromatic nitrogens is 5. The number of carbonyl (C=O) groups excluding carboxylic acids is 1. The molecule has 0 aromatic carbocycles. The van der Waals surface area contributed by atoms with Gasteiger partial charge in [0.15, 0.2) is 5.01 Å². The van der Waals surface area contributed by atoms with Crippen molar-refractivity contribution < 1.29 is 9.53 Å². The van der Waals surface area contributed by atoms with E-state index in [2.05, 4.69) is 26.7 Å². The number of pyridine rings is 1. The molecule has 1 fully saturated rings. The molecule has 1 N–H and O–H groups in total. The number of nitrogens with one attached hydrogen (secondary N) is 1. The molecule has 0 saturated heterocycles. The fourth-order valence-corrected chi connectivity index (χ4v) is 5.96. The summed E-state index contributed by atoms with van der Waals surface area (Å²) in [5.41, 5.74) is 4.24. The second kappa shape index (κ2) is 10.6. The van der Waals surface area contributed by atoms with Gasteiger partial charge in [0, 0.05) is 37.9 Å². The monoisotopic (exact) mass is 544 g/mol. The molecule has 4 aromatic rings. The lowest BCUT2D eigenvalue weighted by Crippen LogP contribution is -2.42. The fourth-order valence-electron chi connectivity index (χ4n) is 4.93. The van der Waals surface area contributed by atoms with Crippen LogP contribution in [0, 0.1) is 11.3 Å². The van der Waals surface area contributed by atoms with Gasteiger partial charge < -0.3 is 15.0 Å². The Hall–Kier alpha value is -4.04. The summed E-state index contributed by atoms with van der Waals surface area (Å²) in [6.45, 7) is 5.66. The molecule has 0 spiro atoms. The molecule has 0 unspecified atom stereocenters. The Kier molecular flexibility index (Phi) is 7.23. The minimum Gasteiger partial charge on any atom is -0.444 e. The molecule has 0 aliphatic heterocycles. The van der Waals surface area contributed by atoms with Gasteiger partial charge in [-0.3, -0.25) is 4.98 Å². The maximum atomic E-state index is 12.5. The molecule has 1 amide bonds. The normalized spacial score (nSPS) is 17.5. The van der Waals surface area contributed by atoms with Gasteiger partial charge in [-0.2, -0.15) is 10.4 Å². The smallest absolute Gasteiger partial charge is 0.410 e. The van der Waals surface area contributed by atoms with E-state index in [4.69, 9.17) is 15.0 Å². The third-order valence-corrected chi connectivity index (χ3v) is 8.13. The van der Waals surface area contributed by atoms with Crippen LogP contribution in [0.15, 0.2) is 36.7 Å². The van der Waals surface area contributed by atoms with Crippen LogP contribution in [0.4, 0.5) is 10.5 Å². The van der Waals surface area contributed by atoms with Crippen molar-refractivity contribution in [3.63, 3.8) is 0 Å².